The topological polar surface area (TPSA) is 77.2 Å². The molecule has 174 valence electrons. The summed E-state index contributed by atoms with van der Waals surface area (Å²) in [5.74, 6) is 1.68. The smallest absolute Gasteiger partial charge is 0.248 e. The second kappa shape index (κ2) is 9.91. The van der Waals surface area contributed by atoms with Gasteiger partial charge in [-0.3, -0.25) is 4.79 Å². The Bertz CT molecular complexity index is 1240. The van der Waals surface area contributed by atoms with Gasteiger partial charge in [-0.25, -0.2) is 0 Å². The quantitative estimate of drug-likeness (QED) is 0.355. The number of amides is 1. The Kier molecular flexibility index (Phi) is 6.77. The van der Waals surface area contributed by atoms with Crippen LogP contribution in [-0.4, -0.2) is 23.2 Å². The summed E-state index contributed by atoms with van der Waals surface area (Å²) in [7, 11) is 1.64. The third kappa shape index (κ3) is 5.70. The summed E-state index contributed by atoms with van der Waals surface area (Å²) in [6.07, 6.45) is 1.06. The number of nitrogens with zero attached hydrogens (tertiary/aromatic N) is 2. The van der Waals surface area contributed by atoms with Gasteiger partial charge in [-0.15, -0.1) is 10.2 Å². The molecule has 0 aliphatic carbocycles. The molecule has 6 heteroatoms. The highest BCUT2D eigenvalue weighted by atomic mass is 16.5. The van der Waals surface area contributed by atoms with Gasteiger partial charge in [-0.05, 0) is 71.5 Å². The average molecular weight is 456 g/mol. The molecule has 0 fully saturated rings. The van der Waals surface area contributed by atoms with Crippen molar-refractivity contribution in [1.82, 2.24) is 10.2 Å². The van der Waals surface area contributed by atoms with Crippen molar-refractivity contribution in [3.05, 3.63) is 83.9 Å². The molecule has 6 nitrogen and oxygen atoms in total. The summed E-state index contributed by atoms with van der Waals surface area (Å²) in [6, 6.07) is 23.3. The van der Waals surface area contributed by atoms with Crippen LogP contribution >= 0.6 is 0 Å². The number of aryl methyl sites for hydroxylation is 1. The molecule has 1 heterocycles. The molecule has 1 aromatic heterocycles. The summed E-state index contributed by atoms with van der Waals surface area (Å²) < 4.78 is 11.0. The van der Waals surface area contributed by atoms with Crippen LogP contribution in [0.3, 0.4) is 0 Å². The van der Waals surface area contributed by atoms with Crippen LogP contribution in [0.15, 0.2) is 77.2 Å². The SMILES string of the molecule is COc1ccc(CCC(=O)Nc2ccc(-c3nnc(-c4ccc(C(C)(C)C)cc4)o3)cc2)cc1. The number of benzene rings is 3. The van der Waals surface area contributed by atoms with Crippen LogP contribution in [0.4, 0.5) is 5.69 Å². The molecular formula is C28H29N3O3. The van der Waals surface area contributed by atoms with E-state index in [1.165, 1.54) is 5.56 Å². The van der Waals surface area contributed by atoms with Crippen LogP contribution in [0.5, 0.6) is 5.75 Å². The van der Waals surface area contributed by atoms with Gasteiger partial charge in [0.2, 0.25) is 17.7 Å². The van der Waals surface area contributed by atoms with Crippen LogP contribution in [-0.2, 0) is 16.6 Å². The van der Waals surface area contributed by atoms with E-state index in [-0.39, 0.29) is 11.3 Å². The number of hydrogen-bond donors (Lipinski definition) is 1. The second-order valence-electron chi connectivity index (χ2n) is 9.21. The lowest BCUT2D eigenvalue weighted by Crippen LogP contribution is -2.12. The normalized spacial score (nSPS) is 11.3. The minimum absolute atomic E-state index is 0.0395. The van der Waals surface area contributed by atoms with Gasteiger partial charge in [-0.1, -0.05) is 45.0 Å². The molecule has 1 N–H and O–H groups in total. The van der Waals surface area contributed by atoms with Crippen LogP contribution in [0.1, 0.15) is 38.3 Å². The van der Waals surface area contributed by atoms with Crippen LogP contribution in [0.2, 0.25) is 0 Å². The summed E-state index contributed by atoms with van der Waals surface area (Å²) in [4.78, 5) is 12.3. The fraction of sp³-hybridized carbons (Fsp3) is 0.250. The number of aromatic nitrogens is 2. The number of methoxy groups -OCH3 is 1. The lowest BCUT2D eigenvalue weighted by molar-refractivity contribution is -0.116. The zero-order chi connectivity index (χ0) is 24.1. The highest BCUT2D eigenvalue weighted by molar-refractivity contribution is 5.91. The molecule has 0 aliphatic rings. The molecule has 1 amide bonds. The van der Waals surface area contributed by atoms with Crippen molar-refractivity contribution in [2.75, 3.05) is 12.4 Å². The van der Waals surface area contributed by atoms with Crippen molar-refractivity contribution in [1.29, 1.82) is 0 Å². The fourth-order valence-electron chi connectivity index (χ4n) is 3.54. The van der Waals surface area contributed by atoms with E-state index in [0.717, 1.165) is 28.1 Å². The van der Waals surface area contributed by atoms with Gasteiger partial charge >= 0.3 is 0 Å². The lowest BCUT2D eigenvalue weighted by Gasteiger charge is -2.18. The second-order valence-corrected chi connectivity index (χ2v) is 9.21. The van der Waals surface area contributed by atoms with E-state index in [4.69, 9.17) is 9.15 Å². The van der Waals surface area contributed by atoms with Gasteiger partial charge in [0.1, 0.15) is 5.75 Å². The van der Waals surface area contributed by atoms with Crippen molar-refractivity contribution < 1.29 is 13.9 Å². The summed E-state index contributed by atoms with van der Waals surface area (Å²) >= 11 is 0. The van der Waals surface area contributed by atoms with E-state index in [9.17, 15) is 4.79 Å². The van der Waals surface area contributed by atoms with Gasteiger partial charge in [0.15, 0.2) is 0 Å². The van der Waals surface area contributed by atoms with E-state index in [1.54, 1.807) is 7.11 Å². The van der Waals surface area contributed by atoms with E-state index >= 15 is 0 Å². The Morgan fingerprint density at radius 3 is 1.94 bits per heavy atom. The molecule has 0 saturated carbocycles. The third-order valence-electron chi connectivity index (χ3n) is 5.64. The predicted octanol–water partition coefficient (Wildman–Crippen LogP) is 6.28. The number of carbonyl (C=O) groups excluding carboxylic acids is 1. The zero-order valence-electron chi connectivity index (χ0n) is 20.0. The first-order chi connectivity index (χ1) is 16.3. The van der Waals surface area contributed by atoms with E-state index < -0.39 is 0 Å². The largest absolute Gasteiger partial charge is 0.497 e. The van der Waals surface area contributed by atoms with Crippen LogP contribution in [0, 0.1) is 0 Å². The first-order valence-corrected chi connectivity index (χ1v) is 11.3. The molecule has 0 saturated heterocycles. The van der Waals surface area contributed by atoms with Crippen molar-refractivity contribution in [3.8, 4) is 28.7 Å². The molecule has 34 heavy (non-hydrogen) atoms. The van der Waals surface area contributed by atoms with Crippen molar-refractivity contribution in [2.45, 2.75) is 39.0 Å². The molecule has 0 bridgehead atoms. The van der Waals surface area contributed by atoms with Gasteiger partial charge in [-0.2, -0.15) is 0 Å². The fourth-order valence-corrected chi connectivity index (χ4v) is 3.54. The van der Waals surface area contributed by atoms with E-state index in [0.29, 0.717) is 24.6 Å². The lowest BCUT2D eigenvalue weighted by atomic mass is 9.87. The minimum atomic E-state index is -0.0395. The molecule has 0 aliphatic heterocycles. The Hall–Kier alpha value is -3.93. The number of anilines is 1. The molecule has 4 aromatic rings. The number of rotatable bonds is 7. The molecule has 0 radical (unpaired) electrons. The zero-order valence-corrected chi connectivity index (χ0v) is 20.0. The van der Waals surface area contributed by atoms with Gasteiger partial charge in [0, 0.05) is 23.2 Å². The van der Waals surface area contributed by atoms with Gasteiger partial charge < -0.3 is 14.5 Å². The number of ether oxygens (including phenoxy) is 1. The van der Waals surface area contributed by atoms with Crippen LogP contribution in [0.25, 0.3) is 22.9 Å². The first-order valence-electron chi connectivity index (χ1n) is 11.3. The molecule has 0 atom stereocenters. The monoisotopic (exact) mass is 455 g/mol. The highest BCUT2D eigenvalue weighted by Crippen LogP contribution is 2.28. The molecular weight excluding hydrogens is 426 g/mol. The van der Waals surface area contributed by atoms with Crippen molar-refractivity contribution in [3.63, 3.8) is 0 Å². The first kappa shape index (κ1) is 23.2. The minimum Gasteiger partial charge on any atom is -0.497 e. The van der Waals surface area contributed by atoms with Crippen molar-refractivity contribution in [2.24, 2.45) is 0 Å². The Morgan fingerprint density at radius 1 is 0.853 bits per heavy atom. The van der Waals surface area contributed by atoms with Crippen molar-refractivity contribution >= 4 is 11.6 Å². The third-order valence-corrected chi connectivity index (χ3v) is 5.64. The summed E-state index contributed by atoms with van der Waals surface area (Å²) in [5.41, 5.74) is 4.82. The maximum Gasteiger partial charge on any atom is 0.248 e. The average Bonchev–Trinajstić information content (AvgIpc) is 3.33. The number of hydrogen-bond acceptors (Lipinski definition) is 5. The standard InChI is InChI=1S/C28H29N3O3/c1-28(2,3)22-12-8-20(9-13-22)26-30-31-27(34-26)21-10-14-23(15-11-21)29-25(32)18-7-19-5-16-24(33-4)17-6-19/h5-6,8-17H,7,18H2,1-4H3,(H,29,32). The molecule has 4 rings (SSSR count). The predicted molar refractivity (Wildman–Crippen MR) is 134 cm³/mol. The summed E-state index contributed by atoms with van der Waals surface area (Å²) in [6.45, 7) is 6.54. The van der Waals surface area contributed by atoms with Gasteiger partial charge in [0.25, 0.3) is 0 Å². The Balaban J connectivity index is 1.35. The maximum absolute atomic E-state index is 12.3. The number of carbonyl (C=O) groups is 1. The highest BCUT2D eigenvalue weighted by Gasteiger charge is 2.15. The van der Waals surface area contributed by atoms with Gasteiger partial charge in [0.05, 0.1) is 7.11 Å². The molecule has 3 aromatic carbocycles. The molecule has 0 spiro atoms. The number of nitrogens with one attached hydrogen (secondary N) is 1. The van der Waals surface area contributed by atoms with E-state index in [1.807, 2.05) is 60.7 Å². The summed E-state index contributed by atoms with van der Waals surface area (Å²) in [5, 5.41) is 11.3. The Morgan fingerprint density at radius 2 is 1.41 bits per heavy atom. The van der Waals surface area contributed by atoms with E-state index in [2.05, 4.69) is 48.4 Å². The maximum atomic E-state index is 12.3. The molecule has 0 unspecified atom stereocenters. The Labute approximate surface area is 200 Å². The van der Waals surface area contributed by atoms with Crippen LogP contribution < -0.4 is 10.1 Å².